The highest BCUT2D eigenvalue weighted by molar-refractivity contribution is 6.44. The van der Waals surface area contributed by atoms with Crippen molar-refractivity contribution in [1.82, 2.24) is 4.98 Å². The fourth-order valence-corrected chi connectivity index (χ4v) is 3.41. The van der Waals surface area contributed by atoms with E-state index in [1.54, 1.807) is 19.1 Å². The zero-order chi connectivity index (χ0) is 24.1. The van der Waals surface area contributed by atoms with E-state index in [9.17, 15) is 14.9 Å². The molecule has 2 aromatic carbocycles. The first-order valence-electron chi connectivity index (χ1n) is 9.54. The van der Waals surface area contributed by atoms with Gasteiger partial charge in [-0.05, 0) is 50.2 Å². The molecule has 1 aromatic heterocycles. The monoisotopic (exact) mass is 485 g/mol. The Kier molecular flexibility index (Phi) is 7.33. The largest absolute Gasteiger partial charge is 0.454 e. The minimum Gasteiger partial charge on any atom is -0.454 e. The van der Waals surface area contributed by atoms with E-state index in [0.29, 0.717) is 11.4 Å². The molecule has 168 valence electrons. The Labute approximate surface area is 198 Å². The van der Waals surface area contributed by atoms with Crippen LogP contribution in [0.2, 0.25) is 10.0 Å². The SMILES string of the molecule is CCN(N=C(C#N)C(=O)OC(N)=O)c1cc(Cl)c(Oc2ccc3nc(C)ccc3c2)c(Cl)c1. The lowest BCUT2D eigenvalue weighted by atomic mass is 10.2. The van der Waals surface area contributed by atoms with Crippen molar-refractivity contribution in [3.05, 3.63) is 58.2 Å². The maximum atomic E-state index is 11.8. The van der Waals surface area contributed by atoms with Crippen LogP contribution in [0.25, 0.3) is 10.9 Å². The Morgan fingerprint density at radius 2 is 1.88 bits per heavy atom. The van der Waals surface area contributed by atoms with Gasteiger partial charge in [0.1, 0.15) is 11.8 Å². The predicted molar refractivity (Wildman–Crippen MR) is 125 cm³/mol. The number of rotatable bonds is 6. The van der Waals surface area contributed by atoms with Gasteiger partial charge in [-0.2, -0.15) is 10.4 Å². The summed E-state index contributed by atoms with van der Waals surface area (Å²) in [6.45, 7) is 3.86. The minimum absolute atomic E-state index is 0.173. The molecule has 33 heavy (non-hydrogen) atoms. The Morgan fingerprint density at radius 1 is 1.18 bits per heavy atom. The maximum absolute atomic E-state index is 11.8. The number of aryl methyl sites for hydroxylation is 1. The predicted octanol–water partition coefficient (Wildman–Crippen LogP) is 4.97. The lowest BCUT2D eigenvalue weighted by Crippen LogP contribution is -2.27. The molecule has 3 aromatic rings. The number of carbonyl (C=O) groups excluding carboxylic acids is 2. The molecule has 0 aliphatic carbocycles. The number of benzene rings is 2. The Morgan fingerprint density at radius 3 is 2.48 bits per heavy atom. The molecular formula is C22H17Cl2N5O4. The number of anilines is 1. The molecule has 0 aliphatic heterocycles. The third-order valence-corrected chi connectivity index (χ3v) is 4.88. The van der Waals surface area contributed by atoms with E-state index in [4.69, 9.17) is 33.7 Å². The number of hydrogen-bond acceptors (Lipinski definition) is 8. The van der Waals surface area contributed by atoms with Crippen LogP contribution >= 0.6 is 23.2 Å². The highest BCUT2D eigenvalue weighted by atomic mass is 35.5. The molecule has 1 amide bonds. The molecule has 0 radical (unpaired) electrons. The van der Waals surface area contributed by atoms with Gasteiger partial charge in [-0.1, -0.05) is 29.3 Å². The van der Waals surface area contributed by atoms with Crippen molar-refractivity contribution in [3.63, 3.8) is 0 Å². The summed E-state index contributed by atoms with van der Waals surface area (Å²) in [4.78, 5) is 27.0. The summed E-state index contributed by atoms with van der Waals surface area (Å²) < 4.78 is 10.1. The standard InChI is InChI=1S/C22H17Cl2N5O4/c1-3-29(28-19(11-25)21(30)33-22(26)31)14-9-16(23)20(17(24)10-14)32-15-6-7-18-13(8-15)5-4-12(2)27-18/h4-10H,3H2,1-2H3,(H2,26,31). The van der Waals surface area contributed by atoms with E-state index in [0.717, 1.165) is 16.6 Å². The van der Waals surface area contributed by atoms with Gasteiger partial charge in [0.05, 0.1) is 21.2 Å². The number of nitrogens with zero attached hydrogens (tertiary/aromatic N) is 4. The molecule has 11 heteroatoms. The highest BCUT2D eigenvalue weighted by Gasteiger charge is 2.19. The van der Waals surface area contributed by atoms with Gasteiger partial charge in [0.2, 0.25) is 5.71 Å². The summed E-state index contributed by atoms with van der Waals surface area (Å²) in [5.41, 5.74) is 6.23. The number of primary amides is 1. The molecule has 0 atom stereocenters. The van der Waals surface area contributed by atoms with Gasteiger partial charge < -0.3 is 15.2 Å². The topological polar surface area (TPSA) is 131 Å². The van der Waals surface area contributed by atoms with Crippen LogP contribution in [0.3, 0.4) is 0 Å². The van der Waals surface area contributed by atoms with Crippen molar-refractivity contribution in [3.8, 4) is 17.6 Å². The molecule has 0 unspecified atom stereocenters. The second kappa shape index (κ2) is 10.2. The molecule has 0 spiro atoms. The summed E-state index contributed by atoms with van der Waals surface area (Å²) in [5.74, 6) is -0.548. The first kappa shape index (κ1) is 23.8. The second-order valence-corrected chi connectivity index (χ2v) is 7.45. The smallest absolute Gasteiger partial charge is 0.412 e. The number of pyridine rings is 1. The van der Waals surface area contributed by atoms with Crippen LogP contribution < -0.4 is 15.5 Å². The van der Waals surface area contributed by atoms with Crippen molar-refractivity contribution in [2.75, 3.05) is 11.6 Å². The van der Waals surface area contributed by atoms with Crippen molar-refractivity contribution >= 4 is 57.6 Å². The number of amides is 1. The number of ether oxygens (including phenoxy) is 2. The molecular weight excluding hydrogens is 469 g/mol. The highest BCUT2D eigenvalue weighted by Crippen LogP contribution is 2.40. The van der Waals surface area contributed by atoms with Gasteiger partial charge in [-0.25, -0.2) is 9.59 Å². The van der Waals surface area contributed by atoms with Gasteiger partial charge in [0, 0.05) is 17.6 Å². The van der Waals surface area contributed by atoms with Gasteiger partial charge in [0.25, 0.3) is 0 Å². The van der Waals surface area contributed by atoms with Crippen LogP contribution in [0.15, 0.2) is 47.6 Å². The van der Waals surface area contributed by atoms with Gasteiger partial charge in [-0.3, -0.25) is 9.99 Å². The number of carbonyl (C=O) groups is 2. The van der Waals surface area contributed by atoms with Crippen molar-refractivity contribution in [2.24, 2.45) is 10.8 Å². The van der Waals surface area contributed by atoms with Crippen molar-refractivity contribution in [2.45, 2.75) is 13.8 Å². The van der Waals surface area contributed by atoms with Gasteiger partial charge >= 0.3 is 12.1 Å². The minimum atomic E-state index is -1.35. The molecule has 0 fully saturated rings. The van der Waals surface area contributed by atoms with E-state index in [-0.39, 0.29) is 22.3 Å². The van der Waals surface area contributed by atoms with Crippen LogP contribution in [-0.4, -0.2) is 29.3 Å². The lowest BCUT2D eigenvalue weighted by molar-refractivity contribution is -0.129. The van der Waals surface area contributed by atoms with Gasteiger partial charge in [-0.15, -0.1) is 0 Å². The van der Waals surface area contributed by atoms with E-state index >= 15 is 0 Å². The van der Waals surface area contributed by atoms with Crippen LogP contribution in [0.5, 0.6) is 11.5 Å². The number of hydrogen-bond donors (Lipinski definition) is 1. The number of esters is 1. The summed E-state index contributed by atoms with van der Waals surface area (Å²) >= 11 is 12.8. The number of nitriles is 1. The number of halogens is 2. The summed E-state index contributed by atoms with van der Waals surface area (Å²) in [5, 5.41) is 15.6. The molecule has 0 aliphatic rings. The van der Waals surface area contributed by atoms with Crippen LogP contribution in [0.4, 0.5) is 10.5 Å². The van der Waals surface area contributed by atoms with E-state index in [1.807, 2.05) is 31.2 Å². The van der Waals surface area contributed by atoms with Gasteiger partial charge in [0.15, 0.2) is 5.75 Å². The molecule has 3 rings (SSSR count). The summed E-state index contributed by atoms with van der Waals surface area (Å²) in [7, 11) is 0. The molecule has 0 saturated heterocycles. The first-order valence-corrected chi connectivity index (χ1v) is 10.3. The third kappa shape index (κ3) is 5.68. The Hall–Kier alpha value is -3.87. The number of fused-ring (bicyclic) bond motifs is 1. The quantitative estimate of drug-likeness (QED) is 0.225. The van der Waals surface area contributed by atoms with Crippen LogP contribution in [0, 0.1) is 18.3 Å². The van der Waals surface area contributed by atoms with Crippen molar-refractivity contribution in [1.29, 1.82) is 5.26 Å². The van der Waals surface area contributed by atoms with E-state index in [1.165, 1.54) is 17.1 Å². The number of aromatic nitrogens is 1. The average Bonchev–Trinajstić information content (AvgIpc) is 2.76. The number of hydrazone groups is 1. The van der Waals surface area contributed by atoms with Crippen molar-refractivity contribution < 1.29 is 19.1 Å². The Balaban J connectivity index is 1.90. The molecule has 9 nitrogen and oxygen atoms in total. The fourth-order valence-electron chi connectivity index (χ4n) is 2.86. The average molecular weight is 486 g/mol. The fraction of sp³-hybridized carbons (Fsp3) is 0.136. The molecule has 2 N–H and O–H groups in total. The zero-order valence-corrected chi connectivity index (χ0v) is 19.0. The first-order chi connectivity index (χ1) is 15.7. The number of nitrogens with two attached hydrogens (primary N) is 1. The third-order valence-electron chi connectivity index (χ3n) is 4.31. The molecule has 1 heterocycles. The molecule has 0 bridgehead atoms. The molecule has 0 saturated carbocycles. The maximum Gasteiger partial charge on any atom is 0.412 e. The lowest BCUT2D eigenvalue weighted by Gasteiger charge is -2.19. The zero-order valence-electron chi connectivity index (χ0n) is 17.5. The van der Waals surface area contributed by atoms with Crippen LogP contribution in [-0.2, 0) is 9.53 Å². The van der Waals surface area contributed by atoms with Crippen LogP contribution in [0.1, 0.15) is 12.6 Å². The van der Waals surface area contributed by atoms with E-state index in [2.05, 4.69) is 14.8 Å². The summed E-state index contributed by atoms with van der Waals surface area (Å²) in [6.07, 6.45) is -1.35. The Bertz CT molecular complexity index is 1300. The van der Waals surface area contributed by atoms with E-state index < -0.39 is 17.8 Å². The second-order valence-electron chi connectivity index (χ2n) is 6.63. The normalized spacial score (nSPS) is 11.1. The summed E-state index contributed by atoms with van der Waals surface area (Å²) in [6, 6.07) is 13.8.